The molecule has 0 radical (unpaired) electrons. The molecular formula is C24H22N6. The summed E-state index contributed by atoms with van der Waals surface area (Å²) in [5.41, 5.74) is 7.43. The van der Waals surface area contributed by atoms with E-state index < -0.39 is 0 Å². The Morgan fingerprint density at radius 1 is 0.400 bits per heavy atom. The van der Waals surface area contributed by atoms with Crippen LogP contribution in [0.2, 0.25) is 0 Å². The maximum atomic E-state index is 4.78. The van der Waals surface area contributed by atoms with Gasteiger partial charge in [-0.2, -0.15) is 0 Å². The van der Waals surface area contributed by atoms with Crippen LogP contribution in [0.5, 0.6) is 0 Å². The summed E-state index contributed by atoms with van der Waals surface area (Å²) < 4.78 is 0. The molecule has 6 nitrogen and oxygen atoms in total. The molecule has 5 heterocycles. The van der Waals surface area contributed by atoms with E-state index in [0.717, 1.165) is 45.6 Å². The van der Waals surface area contributed by atoms with Crippen LogP contribution in [0.1, 0.15) is 22.8 Å². The molecule has 0 atom stereocenters. The Morgan fingerprint density at radius 2 is 0.667 bits per heavy atom. The number of nitrogens with zero attached hydrogens (tertiary/aromatic N) is 4. The van der Waals surface area contributed by atoms with Crippen molar-refractivity contribution in [1.82, 2.24) is 30.6 Å². The largest absolute Gasteiger partial charge is 0.306 e. The van der Waals surface area contributed by atoms with Crippen LogP contribution < -0.4 is 10.6 Å². The van der Waals surface area contributed by atoms with Gasteiger partial charge in [-0.05, 0) is 48.5 Å². The van der Waals surface area contributed by atoms with Crippen LogP contribution in [-0.2, 0) is 26.2 Å². The minimum Gasteiger partial charge on any atom is -0.306 e. The molecule has 4 aromatic heterocycles. The quantitative estimate of drug-likeness (QED) is 0.476. The third-order valence-corrected chi connectivity index (χ3v) is 4.98. The molecule has 0 saturated heterocycles. The summed E-state index contributed by atoms with van der Waals surface area (Å²) in [5, 5.41) is 6.89. The van der Waals surface area contributed by atoms with Crippen LogP contribution in [0.15, 0.2) is 72.8 Å². The van der Waals surface area contributed by atoms with Gasteiger partial charge in [-0.1, -0.05) is 24.3 Å². The Balaban J connectivity index is 1.50. The van der Waals surface area contributed by atoms with Crippen LogP contribution in [0.4, 0.5) is 0 Å². The number of hydrogen-bond donors (Lipinski definition) is 2. The molecule has 6 heteroatoms. The van der Waals surface area contributed by atoms with Gasteiger partial charge in [0.1, 0.15) is 0 Å². The third-order valence-electron chi connectivity index (χ3n) is 4.98. The molecule has 0 saturated carbocycles. The first kappa shape index (κ1) is 18.5. The van der Waals surface area contributed by atoms with Crippen molar-refractivity contribution in [1.29, 1.82) is 0 Å². The fourth-order valence-corrected chi connectivity index (χ4v) is 3.52. The van der Waals surface area contributed by atoms with E-state index in [1.54, 1.807) is 0 Å². The smallest absolute Gasteiger partial charge is 0.0890 e. The van der Waals surface area contributed by atoms with E-state index in [2.05, 4.69) is 10.6 Å². The van der Waals surface area contributed by atoms with Crippen LogP contribution in [0, 0.1) is 0 Å². The lowest BCUT2D eigenvalue weighted by molar-refractivity contribution is 0.664. The van der Waals surface area contributed by atoms with Gasteiger partial charge in [-0.25, -0.2) is 19.9 Å². The van der Waals surface area contributed by atoms with Gasteiger partial charge in [0.05, 0.1) is 45.6 Å². The zero-order valence-corrected chi connectivity index (χ0v) is 16.5. The van der Waals surface area contributed by atoms with Crippen molar-refractivity contribution in [2.24, 2.45) is 0 Å². The number of nitrogens with one attached hydrogen (secondary N) is 2. The van der Waals surface area contributed by atoms with Gasteiger partial charge in [0, 0.05) is 26.2 Å². The van der Waals surface area contributed by atoms with Crippen molar-refractivity contribution in [3.05, 3.63) is 95.6 Å². The molecule has 0 aliphatic carbocycles. The molecule has 0 amide bonds. The number of hydrogen-bond acceptors (Lipinski definition) is 6. The second kappa shape index (κ2) is 8.49. The van der Waals surface area contributed by atoms with E-state index in [-0.39, 0.29) is 0 Å². The molecule has 8 bridgehead atoms. The fourth-order valence-electron chi connectivity index (χ4n) is 3.52. The molecule has 30 heavy (non-hydrogen) atoms. The van der Waals surface area contributed by atoms with Crippen LogP contribution in [-0.4, -0.2) is 19.9 Å². The SMILES string of the molecule is c1cc2nc(c1)-c1cccc(n1)CNCc1cccc(n1)-c1cccc(n1)CNC2. The van der Waals surface area contributed by atoms with E-state index in [4.69, 9.17) is 19.9 Å². The van der Waals surface area contributed by atoms with Crippen LogP contribution >= 0.6 is 0 Å². The predicted octanol–water partition coefficient (Wildman–Crippen LogP) is 3.49. The monoisotopic (exact) mass is 394 g/mol. The molecule has 148 valence electrons. The Morgan fingerprint density at radius 3 is 0.933 bits per heavy atom. The van der Waals surface area contributed by atoms with E-state index in [1.165, 1.54) is 0 Å². The van der Waals surface area contributed by atoms with Gasteiger partial charge in [0.15, 0.2) is 0 Å². The molecule has 0 unspecified atom stereocenters. The summed E-state index contributed by atoms with van der Waals surface area (Å²) in [6, 6.07) is 24.2. The van der Waals surface area contributed by atoms with E-state index in [1.807, 2.05) is 72.8 Å². The first-order chi connectivity index (χ1) is 14.8. The Hall–Kier alpha value is -3.48. The van der Waals surface area contributed by atoms with Crippen molar-refractivity contribution in [3.63, 3.8) is 0 Å². The highest BCUT2D eigenvalue weighted by molar-refractivity contribution is 5.55. The van der Waals surface area contributed by atoms with Crippen molar-refractivity contribution in [3.8, 4) is 22.8 Å². The van der Waals surface area contributed by atoms with Gasteiger partial charge in [0.25, 0.3) is 0 Å². The molecule has 5 rings (SSSR count). The average Bonchev–Trinajstić information content (AvgIpc) is 2.80. The van der Waals surface area contributed by atoms with E-state index >= 15 is 0 Å². The van der Waals surface area contributed by atoms with Crippen LogP contribution in [0.25, 0.3) is 22.8 Å². The lowest BCUT2D eigenvalue weighted by Gasteiger charge is -2.10. The normalized spacial score (nSPS) is 13.9. The van der Waals surface area contributed by atoms with Gasteiger partial charge in [-0.3, -0.25) is 0 Å². The Bertz CT molecular complexity index is 989. The minimum absolute atomic E-state index is 0.661. The van der Waals surface area contributed by atoms with Crippen molar-refractivity contribution in [2.45, 2.75) is 26.2 Å². The molecular weight excluding hydrogens is 372 g/mol. The summed E-state index contributed by atoms with van der Waals surface area (Å²) >= 11 is 0. The first-order valence-electron chi connectivity index (χ1n) is 10.1. The topological polar surface area (TPSA) is 75.6 Å². The van der Waals surface area contributed by atoms with Gasteiger partial charge in [0.2, 0.25) is 0 Å². The maximum Gasteiger partial charge on any atom is 0.0890 e. The second-order valence-electron chi connectivity index (χ2n) is 7.26. The number of fused-ring (bicyclic) bond motifs is 10. The lowest BCUT2D eigenvalue weighted by atomic mass is 10.2. The zero-order chi connectivity index (χ0) is 20.2. The van der Waals surface area contributed by atoms with E-state index in [0.29, 0.717) is 26.2 Å². The first-order valence-corrected chi connectivity index (χ1v) is 10.1. The third kappa shape index (κ3) is 4.25. The van der Waals surface area contributed by atoms with Crippen LogP contribution in [0.3, 0.4) is 0 Å². The number of pyridine rings is 4. The van der Waals surface area contributed by atoms with Crippen molar-refractivity contribution in [2.75, 3.05) is 0 Å². The fraction of sp³-hybridized carbons (Fsp3) is 0.167. The highest BCUT2D eigenvalue weighted by atomic mass is 14.9. The number of aromatic nitrogens is 4. The van der Waals surface area contributed by atoms with E-state index in [9.17, 15) is 0 Å². The predicted molar refractivity (Wildman–Crippen MR) is 116 cm³/mol. The molecule has 0 spiro atoms. The molecule has 1 aliphatic rings. The molecule has 0 aromatic carbocycles. The van der Waals surface area contributed by atoms with Gasteiger partial charge >= 0.3 is 0 Å². The summed E-state index contributed by atoms with van der Waals surface area (Å²) in [4.78, 5) is 19.1. The maximum absolute atomic E-state index is 4.78. The Kier molecular flexibility index (Phi) is 5.25. The zero-order valence-electron chi connectivity index (χ0n) is 16.5. The summed E-state index contributed by atoms with van der Waals surface area (Å²) in [7, 11) is 0. The Labute approximate surface area is 175 Å². The lowest BCUT2D eigenvalue weighted by Crippen LogP contribution is -2.16. The average molecular weight is 394 g/mol. The van der Waals surface area contributed by atoms with Crippen molar-refractivity contribution < 1.29 is 0 Å². The van der Waals surface area contributed by atoms with Crippen molar-refractivity contribution >= 4 is 0 Å². The molecule has 2 N–H and O–H groups in total. The standard InChI is InChI=1S/C24H22N6/c1-5-17-13-25-14-19-7-3-11-23(29-19)24-12-4-8-20(30-24)16-26-15-18-6-2-10-22(28-18)21(9-1)27-17/h1-12,25-26H,13-16H2. The van der Waals surface area contributed by atoms with Gasteiger partial charge < -0.3 is 10.6 Å². The molecule has 1 aliphatic heterocycles. The number of rotatable bonds is 0. The second-order valence-corrected chi connectivity index (χ2v) is 7.26. The molecule has 4 aromatic rings. The molecule has 0 fully saturated rings. The minimum atomic E-state index is 0.661. The highest BCUT2D eigenvalue weighted by Crippen LogP contribution is 2.17. The highest BCUT2D eigenvalue weighted by Gasteiger charge is 2.07. The van der Waals surface area contributed by atoms with Gasteiger partial charge in [-0.15, -0.1) is 0 Å². The summed E-state index contributed by atoms with van der Waals surface area (Å²) in [6.45, 7) is 2.65. The summed E-state index contributed by atoms with van der Waals surface area (Å²) in [5.74, 6) is 0. The summed E-state index contributed by atoms with van der Waals surface area (Å²) in [6.07, 6.45) is 0.